The molecule has 0 N–H and O–H groups in total. The van der Waals surface area contributed by atoms with Crippen molar-refractivity contribution < 1.29 is 8.95 Å². The summed E-state index contributed by atoms with van der Waals surface area (Å²) in [4.78, 5) is 0. The van der Waals surface area contributed by atoms with Crippen LogP contribution >= 0.6 is 0 Å². The van der Waals surface area contributed by atoms with E-state index in [-0.39, 0.29) is 4.75 Å². The Morgan fingerprint density at radius 1 is 1.50 bits per heavy atom. The lowest BCUT2D eigenvalue weighted by Gasteiger charge is -2.12. The molecule has 1 atom stereocenters. The second kappa shape index (κ2) is 5.43. The van der Waals surface area contributed by atoms with Crippen molar-refractivity contribution in [2.45, 2.75) is 31.9 Å². The summed E-state index contributed by atoms with van der Waals surface area (Å²) in [7, 11) is 0.507. The molecule has 4 heteroatoms. The highest BCUT2D eigenvalue weighted by Gasteiger charge is 2.17. The second-order valence-corrected chi connectivity index (χ2v) is 5.36. The molecule has 0 heterocycles. The lowest BCUT2D eigenvalue weighted by atomic mass is 10.3. The van der Waals surface area contributed by atoms with Crippen molar-refractivity contribution in [3.8, 4) is 0 Å². The molecule has 72 valence electrons. The van der Waals surface area contributed by atoms with E-state index in [2.05, 4.69) is 4.40 Å². The Morgan fingerprint density at radius 2 is 2.08 bits per heavy atom. The highest BCUT2D eigenvalue weighted by molar-refractivity contribution is 7.85. The molecular weight excluding hydrogens is 174 g/mol. The van der Waals surface area contributed by atoms with Gasteiger partial charge in [-0.15, -0.1) is 0 Å². The zero-order valence-electron chi connectivity index (χ0n) is 8.16. The van der Waals surface area contributed by atoms with Gasteiger partial charge in [0.2, 0.25) is 0 Å². The van der Waals surface area contributed by atoms with Crippen LogP contribution in [0.1, 0.15) is 27.2 Å². The van der Waals surface area contributed by atoms with Crippen LogP contribution in [0.5, 0.6) is 0 Å². The summed E-state index contributed by atoms with van der Waals surface area (Å²) in [5.41, 5.74) is 0. The highest BCUT2D eigenvalue weighted by atomic mass is 32.2. The van der Waals surface area contributed by atoms with Gasteiger partial charge in [-0.3, -0.25) is 0 Å². The summed E-state index contributed by atoms with van der Waals surface area (Å²) in [5, 5.41) is 0. The number of hydrogen-bond acceptors (Lipinski definition) is 2. The van der Waals surface area contributed by atoms with Crippen LogP contribution in [-0.2, 0) is 15.7 Å². The molecule has 0 aliphatic rings. The number of rotatable bonds is 4. The third kappa shape index (κ3) is 5.43. The van der Waals surface area contributed by atoms with E-state index in [0.29, 0.717) is 6.61 Å². The summed E-state index contributed by atoms with van der Waals surface area (Å²) in [6, 6.07) is 0. The third-order valence-electron chi connectivity index (χ3n) is 1.15. The molecule has 0 saturated carbocycles. The average Bonchev–Trinajstić information content (AvgIpc) is 1.96. The quantitative estimate of drug-likeness (QED) is 0.499. The van der Waals surface area contributed by atoms with Crippen LogP contribution in [0.2, 0.25) is 0 Å². The first kappa shape index (κ1) is 11.8. The molecule has 0 aromatic carbocycles. The van der Waals surface area contributed by atoms with E-state index in [1.807, 2.05) is 20.8 Å². The van der Waals surface area contributed by atoms with Gasteiger partial charge >= 0.3 is 0 Å². The van der Waals surface area contributed by atoms with Gasteiger partial charge in [-0.1, -0.05) is 0 Å². The smallest absolute Gasteiger partial charge is 0.144 e. The largest absolute Gasteiger partial charge is 0.384 e. The molecule has 0 fully saturated rings. The van der Waals surface area contributed by atoms with Crippen LogP contribution in [0, 0.1) is 0 Å². The van der Waals surface area contributed by atoms with Crippen LogP contribution in [0.4, 0.5) is 0 Å². The minimum Gasteiger partial charge on any atom is -0.384 e. The van der Waals surface area contributed by atoms with Gasteiger partial charge in [0, 0.05) is 19.7 Å². The zero-order valence-corrected chi connectivity index (χ0v) is 8.98. The normalized spacial score (nSPS) is 15.3. The summed E-state index contributed by atoms with van der Waals surface area (Å²) >= 11 is 0. The molecule has 0 spiro atoms. The number of ether oxygens (including phenoxy) is 1. The standard InChI is InChI=1S/C8H17NO2S/c1-8(2,3)12(10)9-6-5-7-11-4/h6H,5,7H2,1-4H3/b9-6+. The van der Waals surface area contributed by atoms with Crippen LogP contribution in [0.25, 0.3) is 0 Å². The first-order valence-electron chi connectivity index (χ1n) is 3.92. The van der Waals surface area contributed by atoms with E-state index in [1.54, 1.807) is 13.3 Å². The summed E-state index contributed by atoms with van der Waals surface area (Å²) in [6.45, 7) is 6.33. The topological polar surface area (TPSA) is 38.7 Å². The second-order valence-electron chi connectivity index (χ2n) is 3.43. The molecule has 0 radical (unpaired) electrons. The van der Waals surface area contributed by atoms with Crippen LogP contribution in [0.15, 0.2) is 4.40 Å². The third-order valence-corrected chi connectivity index (χ3v) is 2.53. The molecule has 12 heavy (non-hydrogen) atoms. The summed E-state index contributed by atoms with van der Waals surface area (Å²) in [5.74, 6) is 0. The predicted molar refractivity (Wildman–Crippen MR) is 52.9 cm³/mol. The van der Waals surface area contributed by atoms with Gasteiger partial charge in [-0.05, 0) is 20.8 Å². The molecule has 1 unspecified atom stereocenters. The number of hydrogen-bond donors (Lipinski definition) is 0. The molecule has 0 saturated heterocycles. The van der Waals surface area contributed by atoms with Gasteiger partial charge in [0.25, 0.3) is 0 Å². The maximum absolute atomic E-state index is 11.3. The van der Waals surface area contributed by atoms with Gasteiger partial charge in [0.1, 0.15) is 11.0 Å². The maximum Gasteiger partial charge on any atom is 0.144 e. The van der Waals surface area contributed by atoms with Crippen molar-refractivity contribution in [2.24, 2.45) is 4.40 Å². The fourth-order valence-corrected chi connectivity index (χ4v) is 1.01. The highest BCUT2D eigenvalue weighted by Crippen LogP contribution is 2.11. The van der Waals surface area contributed by atoms with Crippen molar-refractivity contribution in [3.05, 3.63) is 0 Å². The Hall–Kier alpha value is -0.220. The molecular formula is C8H17NO2S. The van der Waals surface area contributed by atoms with Crippen LogP contribution < -0.4 is 0 Å². The van der Waals surface area contributed by atoms with Crippen molar-refractivity contribution in [3.63, 3.8) is 0 Å². The van der Waals surface area contributed by atoms with E-state index in [9.17, 15) is 4.21 Å². The average molecular weight is 191 g/mol. The minimum atomic E-state index is -1.13. The van der Waals surface area contributed by atoms with Gasteiger partial charge in [0.15, 0.2) is 0 Å². The van der Waals surface area contributed by atoms with Gasteiger partial charge < -0.3 is 4.74 Å². The number of methoxy groups -OCH3 is 1. The molecule has 3 nitrogen and oxygen atoms in total. The minimum absolute atomic E-state index is 0.260. The molecule has 0 bridgehead atoms. The monoisotopic (exact) mass is 191 g/mol. The zero-order chi connectivity index (χ0) is 9.61. The predicted octanol–water partition coefficient (Wildman–Crippen LogP) is 1.56. The lowest BCUT2D eigenvalue weighted by Crippen LogP contribution is -2.19. The van der Waals surface area contributed by atoms with Gasteiger partial charge in [-0.2, -0.15) is 4.40 Å². The maximum atomic E-state index is 11.3. The van der Waals surface area contributed by atoms with Crippen molar-refractivity contribution in [2.75, 3.05) is 13.7 Å². The van der Waals surface area contributed by atoms with E-state index < -0.39 is 11.0 Å². The van der Waals surface area contributed by atoms with Crippen molar-refractivity contribution in [1.29, 1.82) is 0 Å². The van der Waals surface area contributed by atoms with E-state index in [0.717, 1.165) is 6.42 Å². The van der Waals surface area contributed by atoms with Crippen molar-refractivity contribution >= 4 is 17.2 Å². The summed E-state index contributed by atoms with van der Waals surface area (Å²) < 4.78 is 19.8. The molecule has 0 amide bonds. The first-order chi connectivity index (χ1) is 5.48. The molecule has 0 aliphatic carbocycles. The fourth-order valence-electron chi connectivity index (χ4n) is 0.449. The molecule has 0 aliphatic heterocycles. The fraction of sp³-hybridized carbons (Fsp3) is 0.875. The molecule has 0 aromatic heterocycles. The van der Waals surface area contributed by atoms with E-state index in [1.165, 1.54) is 0 Å². The van der Waals surface area contributed by atoms with Gasteiger partial charge in [0.05, 0.1) is 11.4 Å². The Balaban J connectivity index is 3.77. The SMILES string of the molecule is COCC/C=N/S(=O)C(C)(C)C. The Morgan fingerprint density at radius 3 is 2.50 bits per heavy atom. The van der Waals surface area contributed by atoms with Crippen molar-refractivity contribution in [1.82, 2.24) is 0 Å². The Kier molecular flexibility index (Phi) is 5.33. The number of nitrogens with zero attached hydrogens (tertiary/aromatic N) is 1. The van der Waals surface area contributed by atoms with E-state index in [4.69, 9.17) is 4.74 Å². The molecule has 0 rings (SSSR count). The van der Waals surface area contributed by atoms with Crippen LogP contribution in [0.3, 0.4) is 0 Å². The Bertz CT molecular complexity index is 172. The summed E-state index contributed by atoms with van der Waals surface area (Å²) in [6.07, 6.45) is 2.38. The van der Waals surface area contributed by atoms with E-state index >= 15 is 0 Å². The first-order valence-corrected chi connectivity index (χ1v) is 5.02. The molecule has 0 aromatic rings. The Labute approximate surface area is 76.8 Å². The van der Waals surface area contributed by atoms with Gasteiger partial charge in [-0.25, -0.2) is 4.21 Å². The lowest BCUT2D eigenvalue weighted by molar-refractivity contribution is 0.208. The van der Waals surface area contributed by atoms with Crippen LogP contribution in [-0.4, -0.2) is 28.9 Å².